The van der Waals surface area contributed by atoms with Gasteiger partial charge < -0.3 is 4.18 Å². The molecule has 0 fully saturated rings. The molecular weight excluding hydrogens is 254 g/mol. The van der Waals surface area contributed by atoms with Crippen LogP contribution in [0.25, 0.3) is 0 Å². The molecule has 0 unspecified atom stereocenters. The fourth-order valence-corrected chi connectivity index (χ4v) is 2.47. The zero-order valence-electron chi connectivity index (χ0n) is 5.15. The SMILES string of the molecule is NS(=O)(=O)Oc1sccc1Br. The van der Waals surface area contributed by atoms with Crippen molar-refractivity contribution >= 4 is 37.6 Å². The molecule has 0 aliphatic rings. The highest BCUT2D eigenvalue weighted by Crippen LogP contribution is 2.31. The van der Waals surface area contributed by atoms with Crippen molar-refractivity contribution in [3.8, 4) is 5.06 Å². The van der Waals surface area contributed by atoms with Gasteiger partial charge in [-0.15, -0.1) is 11.3 Å². The Morgan fingerprint density at radius 2 is 2.27 bits per heavy atom. The van der Waals surface area contributed by atoms with E-state index in [1.165, 1.54) is 0 Å². The molecule has 2 N–H and O–H groups in total. The Kier molecular flexibility index (Phi) is 2.53. The molecule has 1 rings (SSSR count). The molecule has 0 spiro atoms. The Hall–Kier alpha value is -0.110. The monoisotopic (exact) mass is 257 g/mol. The molecule has 1 aromatic rings. The van der Waals surface area contributed by atoms with Crippen molar-refractivity contribution in [2.24, 2.45) is 5.14 Å². The molecular formula is C4H4BrNO3S2. The van der Waals surface area contributed by atoms with Gasteiger partial charge in [0.25, 0.3) is 0 Å². The van der Waals surface area contributed by atoms with Crippen LogP contribution in [-0.2, 0) is 10.3 Å². The highest BCUT2D eigenvalue weighted by molar-refractivity contribution is 9.10. The smallest absolute Gasteiger partial charge is 0.359 e. The summed E-state index contributed by atoms with van der Waals surface area (Å²) in [5.41, 5.74) is 0. The third-order valence-electron chi connectivity index (χ3n) is 0.776. The van der Waals surface area contributed by atoms with Gasteiger partial charge in [-0.05, 0) is 27.4 Å². The van der Waals surface area contributed by atoms with Crippen LogP contribution in [-0.4, -0.2) is 8.42 Å². The summed E-state index contributed by atoms with van der Waals surface area (Å²) < 4.78 is 25.8. The summed E-state index contributed by atoms with van der Waals surface area (Å²) in [5.74, 6) is 0. The molecule has 0 saturated heterocycles. The summed E-state index contributed by atoms with van der Waals surface area (Å²) in [6, 6.07) is 1.67. The van der Waals surface area contributed by atoms with E-state index in [1.54, 1.807) is 11.4 Å². The van der Waals surface area contributed by atoms with Gasteiger partial charge in [-0.3, -0.25) is 0 Å². The topological polar surface area (TPSA) is 69.4 Å². The van der Waals surface area contributed by atoms with Gasteiger partial charge >= 0.3 is 10.3 Å². The highest BCUT2D eigenvalue weighted by Gasteiger charge is 2.09. The van der Waals surface area contributed by atoms with Crippen LogP contribution in [0.2, 0.25) is 0 Å². The Morgan fingerprint density at radius 1 is 1.64 bits per heavy atom. The number of thiophene rings is 1. The summed E-state index contributed by atoms with van der Waals surface area (Å²) in [4.78, 5) is 0. The van der Waals surface area contributed by atoms with Crippen LogP contribution in [0.1, 0.15) is 0 Å². The largest absolute Gasteiger partial charge is 0.380 e. The molecule has 7 heteroatoms. The number of hydrogen-bond acceptors (Lipinski definition) is 4. The Balaban J connectivity index is 2.89. The minimum Gasteiger partial charge on any atom is -0.359 e. The second-order valence-corrected chi connectivity index (χ2v) is 4.52. The standard InChI is InChI=1S/C4H4BrNO3S2/c5-3-1-2-10-4(3)9-11(6,7)8/h1-2H,(H2,6,7,8). The van der Waals surface area contributed by atoms with Gasteiger partial charge in [-0.2, -0.15) is 13.6 Å². The second-order valence-electron chi connectivity index (χ2n) is 1.63. The van der Waals surface area contributed by atoms with Crippen LogP contribution in [0.5, 0.6) is 5.06 Å². The molecule has 0 aliphatic carbocycles. The van der Waals surface area contributed by atoms with Crippen LogP contribution in [0.3, 0.4) is 0 Å². The minimum absolute atomic E-state index is 0.243. The van der Waals surface area contributed by atoms with E-state index in [9.17, 15) is 8.42 Å². The lowest BCUT2D eigenvalue weighted by molar-refractivity contribution is 0.493. The van der Waals surface area contributed by atoms with Gasteiger partial charge in [-0.1, -0.05) is 0 Å². The van der Waals surface area contributed by atoms with Gasteiger partial charge in [0.2, 0.25) is 5.06 Å². The maximum Gasteiger partial charge on any atom is 0.380 e. The molecule has 1 aromatic heterocycles. The van der Waals surface area contributed by atoms with E-state index < -0.39 is 10.3 Å². The summed E-state index contributed by atoms with van der Waals surface area (Å²) in [6.07, 6.45) is 0. The van der Waals surface area contributed by atoms with Crippen LogP contribution < -0.4 is 9.32 Å². The van der Waals surface area contributed by atoms with E-state index in [-0.39, 0.29) is 5.06 Å². The molecule has 0 aromatic carbocycles. The molecule has 0 saturated carbocycles. The third-order valence-corrected chi connectivity index (χ3v) is 2.96. The predicted octanol–water partition coefficient (Wildman–Crippen LogP) is 1.09. The van der Waals surface area contributed by atoms with Crippen molar-refractivity contribution in [2.45, 2.75) is 0 Å². The number of halogens is 1. The first-order valence-corrected chi connectivity index (χ1v) is 5.58. The van der Waals surface area contributed by atoms with Gasteiger partial charge in [0.15, 0.2) is 0 Å². The van der Waals surface area contributed by atoms with E-state index in [0.717, 1.165) is 11.3 Å². The van der Waals surface area contributed by atoms with Gasteiger partial charge in [0.05, 0.1) is 4.47 Å². The van der Waals surface area contributed by atoms with Crippen LogP contribution >= 0.6 is 27.3 Å². The molecule has 0 aliphatic heterocycles. The number of hydrogen-bond donors (Lipinski definition) is 1. The van der Waals surface area contributed by atoms with Crippen molar-refractivity contribution in [3.63, 3.8) is 0 Å². The fourth-order valence-electron chi connectivity index (χ4n) is 0.445. The van der Waals surface area contributed by atoms with Crippen molar-refractivity contribution in [3.05, 3.63) is 15.9 Å². The lowest BCUT2D eigenvalue weighted by Gasteiger charge is -1.97. The predicted molar refractivity (Wildman–Crippen MR) is 45.8 cm³/mol. The van der Waals surface area contributed by atoms with E-state index in [4.69, 9.17) is 0 Å². The van der Waals surface area contributed by atoms with Crippen LogP contribution in [0, 0.1) is 0 Å². The number of nitrogens with two attached hydrogens (primary N) is 1. The first-order chi connectivity index (χ1) is 4.99. The summed E-state index contributed by atoms with van der Waals surface area (Å²) in [5, 5.41) is 6.56. The van der Waals surface area contributed by atoms with E-state index in [0.29, 0.717) is 4.47 Å². The summed E-state index contributed by atoms with van der Waals surface area (Å²) in [6.45, 7) is 0. The zero-order chi connectivity index (χ0) is 8.48. The van der Waals surface area contributed by atoms with Crippen molar-refractivity contribution in [2.75, 3.05) is 0 Å². The highest BCUT2D eigenvalue weighted by atomic mass is 79.9. The maximum absolute atomic E-state index is 10.4. The average molecular weight is 258 g/mol. The first kappa shape index (κ1) is 8.98. The van der Waals surface area contributed by atoms with Crippen LogP contribution in [0.4, 0.5) is 0 Å². The van der Waals surface area contributed by atoms with E-state index in [2.05, 4.69) is 25.3 Å². The number of rotatable bonds is 2. The molecule has 11 heavy (non-hydrogen) atoms. The molecule has 0 amide bonds. The molecule has 0 bridgehead atoms. The van der Waals surface area contributed by atoms with Crippen LogP contribution in [0.15, 0.2) is 15.9 Å². The first-order valence-electron chi connectivity index (χ1n) is 2.44. The Morgan fingerprint density at radius 3 is 2.64 bits per heavy atom. The second kappa shape index (κ2) is 3.10. The van der Waals surface area contributed by atoms with Gasteiger partial charge in [0, 0.05) is 0 Å². The average Bonchev–Trinajstić information content (AvgIpc) is 2.12. The van der Waals surface area contributed by atoms with Gasteiger partial charge in [0.1, 0.15) is 0 Å². The van der Waals surface area contributed by atoms with Crippen molar-refractivity contribution in [1.82, 2.24) is 0 Å². The molecule has 62 valence electrons. The molecule has 1 heterocycles. The molecule has 4 nitrogen and oxygen atoms in total. The lowest BCUT2D eigenvalue weighted by atomic mass is 10.7. The summed E-state index contributed by atoms with van der Waals surface area (Å²) >= 11 is 4.23. The van der Waals surface area contributed by atoms with Crippen molar-refractivity contribution in [1.29, 1.82) is 0 Å². The van der Waals surface area contributed by atoms with E-state index in [1.807, 2.05) is 0 Å². The Labute approximate surface area is 76.4 Å². The summed E-state index contributed by atoms with van der Waals surface area (Å²) in [7, 11) is -3.89. The zero-order valence-corrected chi connectivity index (χ0v) is 8.37. The minimum atomic E-state index is -3.89. The Bertz CT molecular complexity index is 344. The van der Waals surface area contributed by atoms with E-state index >= 15 is 0 Å². The van der Waals surface area contributed by atoms with Crippen molar-refractivity contribution < 1.29 is 12.6 Å². The lowest BCUT2D eigenvalue weighted by Crippen LogP contribution is -2.18. The normalized spacial score (nSPS) is 11.5. The quantitative estimate of drug-likeness (QED) is 0.863. The van der Waals surface area contributed by atoms with Gasteiger partial charge in [-0.25, -0.2) is 0 Å². The third kappa shape index (κ3) is 2.78. The maximum atomic E-state index is 10.4. The molecule has 0 atom stereocenters. The molecule has 0 radical (unpaired) electrons. The fraction of sp³-hybridized carbons (Fsp3) is 0.